The molecular formula is C14H22N4O2. The van der Waals surface area contributed by atoms with Crippen molar-refractivity contribution in [2.24, 2.45) is 5.73 Å². The van der Waals surface area contributed by atoms with Gasteiger partial charge in [-0.3, -0.25) is 15.0 Å². The molecule has 0 aromatic heterocycles. The number of nitrogens with zero attached hydrogens (tertiary/aromatic N) is 1. The van der Waals surface area contributed by atoms with E-state index < -0.39 is 12.1 Å². The molecule has 0 spiro atoms. The van der Waals surface area contributed by atoms with Gasteiger partial charge in [0.15, 0.2) is 0 Å². The molecule has 1 rings (SSSR count). The topological polar surface area (TPSA) is 87.5 Å². The lowest BCUT2D eigenvalue weighted by Gasteiger charge is -2.27. The van der Waals surface area contributed by atoms with Gasteiger partial charge < -0.3 is 11.1 Å². The third-order valence-electron chi connectivity index (χ3n) is 3.04. The fourth-order valence-corrected chi connectivity index (χ4v) is 1.84. The Morgan fingerprint density at radius 1 is 1.30 bits per heavy atom. The molecule has 6 nitrogen and oxygen atoms in total. The Kier molecular flexibility index (Phi) is 6.69. The third kappa shape index (κ3) is 4.99. The summed E-state index contributed by atoms with van der Waals surface area (Å²) in [5.74, 6) is -0.339. The van der Waals surface area contributed by atoms with E-state index in [4.69, 9.17) is 5.73 Å². The van der Waals surface area contributed by atoms with E-state index in [1.165, 1.54) is 7.05 Å². The minimum absolute atomic E-state index is 0.339. The lowest BCUT2D eigenvalue weighted by molar-refractivity contribution is -0.124. The Bertz CT molecular complexity index is 436. The minimum Gasteiger partial charge on any atom is -0.341 e. The van der Waals surface area contributed by atoms with Crippen molar-refractivity contribution in [2.45, 2.75) is 19.5 Å². The van der Waals surface area contributed by atoms with E-state index in [0.717, 1.165) is 5.56 Å². The van der Waals surface area contributed by atoms with Gasteiger partial charge in [-0.05, 0) is 12.5 Å². The molecule has 4 N–H and O–H groups in total. The molecule has 1 unspecified atom stereocenters. The van der Waals surface area contributed by atoms with Gasteiger partial charge >= 0.3 is 6.03 Å². The van der Waals surface area contributed by atoms with E-state index in [1.807, 2.05) is 35.2 Å². The zero-order valence-electron chi connectivity index (χ0n) is 11.9. The Morgan fingerprint density at radius 2 is 1.95 bits per heavy atom. The van der Waals surface area contributed by atoms with E-state index in [0.29, 0.717) is 19.6 Å². The van der Waals surface area contributed by atoms with Gasteiger partial charge in [0.05, 0.1) is 6.04 Å². The number of rotatable bonds is 6. The van der Waals surface area contributed by atoms with Gasteiger partial charge in [0.25, 0.3) is 0 Å². The number of carbonyl (C=O) groups is 2. The number of hydrogen-bond acceptors (Lipinski definition) is 4. The molecule has 0 heterocycles. The second kappa shape index (κ2) is 8.29. The van der Waals surface area contributed by atoms with Crippen LogP contribution in [0.3, 0.4) is 0 Å². The van der Waals surface area contributed by atoms with Crippen LogP contribution >= 0.6 is 0 Å². The summed E-state index contributed by atoms with van der Waals surface area (Å²) in [4.78, 5) is 25.1. The third-order valence-corrected chi connectivity index (χ3v) is 3.04. The number of carbonyl (C=O) groups excluding carboxylic acids is 2. The Balaban J connectivity index is 2.69. The highest BCUT2D eigenvalue weighted by molar-refractivity contribution is 5.96. The van der Waals surface area contributed by atoms with Gasteiger partial charge in [-0.15, -0.1) is 0 Å². The summed E-state index contributed by atoms with van der Waals surface area (Å²) < 4.78 is 0. The highest BCUT2D eigenvalue weighted by Gasteiger charge is 2.22. The zero-order chi connectivity index (χ0) is 15.0. The number of urea groups is 1. The van der Waals surface area contributed by atoms with Crippen molar-refractivity contribution in [3.05, 3.63) is 35.9 Å². The van der Waals surface area contributed by atoms with Crippen LogP contribution in [0.25, 0.3) is 0 Å². The van der Waals surface area contributed by atoms with Gasteiger partial charge in [0, 0.05) is 26.7 Å². The molecule has 0 bridgehead atoms. The van der Waals surface area contributed by atoms with Crippen molar-refractivity contribution < 1.29 is 9.59 Å². The van der Waals surface area contributed by atoms with E-state index >= 15 is 0 Å². The maximum absolute atomic E-state index is 12.0. The summed E-state index contributed by atoms with van der Waals surface area (Å²) in [5, 5.41) is 4.64. The van der Waals surface area contributed by atoms with Crippen LogP contribution in [-0.2, 0) is 11.3 Å². The fraction of sp³-hybridized carbons (Fsp3) is 0.429. The highest BCUT2D eigenvalue weighted by atomic mass is 16.2. The number of nitrogens with one attached hydrogen (secondary N) is 2. The average molecular weight is 278 g/mol. The van der Waals surface area contributed by atoms with Crippen molar-refractivity contribution in [1.29, 1.82) is 0 Å². The van der Waals surface area contributed by atoms with E-state index in [9.17, 15) is 9.59 Å². The quantitative estimate of drug-likeness (QED) is 0.698. The second-order valence-corrected chi connectivity index (χ2v) is 4.49. The summed E-state index contributed by atoms with van der Waals surface area (Å²) in [7, 11) is 1.47. The predicted octanol–water partition coefficient (Wildman–Crippen LogP) is 0.291. The largest absolute Gasteiger partial charge is 0.341 e. The van der Waals surface area contributed by atoms with Crippen LogP contribution in [0.5, 0.6) is 0 Å². The van der Waals surface area contributed by atoms with Crippen molar-refractivity contribution >= 4 is 11.9 Å². The summed E-state index contributed by atoms with van der Waals surface area (Å²) in [6.07, 6.45) is 0. The van der Waals surface area contributed by atoms with Crippen molar-refractivity contribution in [3.63, 3.8) is 0 Å². The smallest absolute Gasteiger partial charge is 0.321 e. The van der Waals surface area contributed by atoms with Crippen LogP contribution in [0.2, 0.25) is 0 Å². The average Bonchev–Trinajstić information content (AvgIpc) is 2.46. The molecule has 1 aromatic carbocycles. The molecule has 3 amide bonds. The van der Waals surface area contributed by atoms with Gasteiger partial charge in [-0.25, -0.2) is 4.79 Å². The predicted molar refractivity (Wildman–Crippen MR) is 78.0 cm³/mol. The van der Waals surface area contributed by atoms with Crippen LogP contribution in [-0.4, -0.2) is 43.0 Å². The summed E-state index contributed by atoms with van der Waals surface area (Å²) in [6.45, 7) is 3.40. The normalized spacial score (nSPS) is 12.0. The molecule has 6 heteroatoms. The van der Waals surface area contributed by atoms with Crippen LogP contribution in [0.4, 0.5) is 4.79 Å². The molecule has 0 aliphatic heterocycles. The molecule has 0 saturated heterocycles. The molecule has 1 atom stereocenters. The van der Waals surface area contributed by atoms with Crippen LogP contribution in [0.15, 0.2) is 30.3 Å². The van der Waals surface area contributed by atoms with Crippen LogP contribution < -0.4 is 16.4 Å². The molecule has 0 fully saturated rings. The first kappa shape index (κ1) is 16.1. The lowest BCUT2D eigenvalue weighted by Crippen LogP contribution is -2.49. The van der Waals surface area contributed by atoms with Gasteiger partial charge in [0.1, 0.15) is 0 Å². The molecule has 20 heavy (non-hydrogen) atoms. The number of nitrogens with two attached hydrogens (primary N) is 1. The molecule has 1 aromatic rings. The zero-order valence-corrected chi connectivity index (χ0v) is 11.9. The van der Waals surface area contributed by atoms with E-state index in [-0.39, 0.29) is 5.91 Å². The van der Waals surface area contributed by atoms with Crippen molar-refractivity contribution in [1.82, 2.24) is 15.5 Å². The van der Waals surface area contributed by atoms with Gasteiger partial charge in [0.2, 0.25) is 5.91 Å². The maximum Gasteiger partial charge on any atom is 0.321 e. The summed E-state index contributed by atoms with van der Waals surface area (Å²) in [5.41, 5.74) is 6.69. The first-order valence-electron chi connectivity index (χ1n) is 6.59. The Hall–Kier alpha value is -1.92. The number of benzene rings is 1. The lowest BCUT2D eigenvalue weighted by atomic mass is 10.1. The standard InChI is InChI=1S/C14H22N4O2/c1-11(13(19)17-14(20)16-2)18(9-8-15)10-12-6-4-3-5-7-12/h3-7,11H,8-10,15H2,1-2H3,(H2,16,17,19,20). The van der Waals surface area contributed by atoms with Crippen LogP contribution in [0, 0.1) is 0 Å². The Morgan fingerprint density at radius 3 is 2.50 bits per heavy atom. The van der Waals surface area contributed by atoms with E-state index in [2.05, 4.69) is 10.6 Å². The molecular weight excluding hydrogens is 256 g/mol. The first-order valence-corrected chi connectivity index (χ1v) is 6.59. The number of amides is 3. The maximum atomic E-state index is 12.0. The second-order valence-electron chi connectivity index (χ2n) is 4.49. The SMILES string of the molecule is CNC(=O)NC(=O)C(C)N(CCN)Cc1ccccc1. The Labute approximate surface area is 119 Å². The fourth-order valence-electron chi connectivity index (χ4n) is 1.84. The molecule has 110 valence electrons. The molecule has 0 radical (unpaired) electrons. The van der Waals surface area contributed by atoms with Gasteiger partial charge in [-0.2, -0.15) is 0 Å². The van der Waals surface area contributed by atoms with Crippen molar-refractivity contribution in [2.75, 3.05) is 20.1 Å². The minimum atomic E-state index is -0.505. The summed E-state index contributed by atoms with van der Waals surface area (Å²) >= 11 is 0. The molecule has 0 aliphatic carbocycles. The van der Waals surface area contributed by atoms with Crippen molar-refractivity contribution in [3.8, 4) is 0 Å². The number of hydrogen-bond donors (Lipinski definition) is 3. The van der Waals surface area contributed by atoms with E-state index in [1.54, 1.807) is 6.92 Å². The highest BCUT2D eigenvalue weighted by Crippen LogP contribution is 2.08. The van der Waals surface area contributed by atoms with Crippen LogP contribution in [0.1, 0.15) is 12.5 Å². The first-order chi connectivity index (χ1) is 9.58. The van der Waals surface area contributed by atoms with Gasteiger partial charge in [-0.1, -0.05) is 30.3 Å². The molecule has 0 saturated carbocycles. The monoisotopic (exact) mass is 278 g/mol. The number of imide groups is 1. The molecule has 0 aliphatic rings. The summed E-state index contributed by atoms with van der Waals surface area (Å²) in [6, 6.07) is 8.89.